The first-order valence-corrected chi connectivity index (χ1v) is 5.49. The normalized spacial score (nSPS) is 14.5. The first-order chi connectivity index (χ1) is 5.97. The Morgan fingerprint density at radius 2 is 2.23 bits per heavy atom. The van der Waals surface area contributed by atoms with Crippen molar-refractivity contribution >= 4 is 11.3 Å². The van der Waals surface area contributed by atoms with E-state index in [1.807, 2.05) is 5.38 Å². The molecule has 1 atom stereocenters. The minimum absolute atomic E-state index is 0.129. The number of nitrogens with zero attached hydrogens (tertiary/aromatic N) is 1. The molecule has 0 bridgehead atoms. The highest BCUT2D eigenvalue weighted by Crippen LogP contribution is 2.29. The third-order valence-electron chi connectivity index (χ3n) is 2.46. The summed E-state index contributed by atoms with van der Waals surface area (Å²) in [6.45, 7) is 8.25. The molecule has 3 heteroatoms. The number of thiazole rings is 1. The molecular formula is C10H17NOS. The van der Waals surface area contributed by atoms with Crippen LogP contribution in [0, 0.1) is 0 Å². The fraction of sp³-hybridized carbons (Fsp3) is 0.700. The molecule has 0 aliphatic carbocycles. The quantitative estimate of drug-likeness (QED) is 0.812. The Bertz CT molecular complexity index is 278. The van der Waals surface area contributed by atoms with Crippen LogP contribution in [0.25, 0.3) is 0 Å². The van der Waals surface area contributed by atoms with E-state index in [-0.39, 0.29) is 5.41 Å². The van der Waals surface area contributed by atoms with Gasteiger partial charge < -0.3 is 5.11 Å². The maximum absolute atomic E-state index is 9.32. The van der Waals surface area contributed by atoms with Crippen LogP contribution in [0.2, 0.25) is 0 Å². The van der Waals surface area contributed by atoms with Gasteiger partial charge in [-0.15, -0.1) is 11.3 Å². The van der Waals surface area contributed by atoms with Crippen molar-refractivity contribution in [3.63, 3.8) is 0 Å². The molecule has 1 heterocycles. The average Bonchev–Trinajstić information content (AvgIpc) is 2.52. The number of aromatic nitrogens is 1. The molecule has 1 N–H and O–H groups in total. The zero-order valence-electron chi connectivity index (χ0n) is 8.66. The minimum Gasteiger partial charge on any atom is -0.386 e. The summed E-state index contributed by atoms with van der Waals surface area (Å²) in [7, 11) is 0. The molecule has 1 rings (SSSR count). The zero-order chi connectivity index (χ0) is 10.1. The fourth-order valence-electron chi connectivity index (χ4n) is 0.971. The lowest BCUT2D eigenvalue weighted by atomic mass is 9.87. The van der Waals surface area contributed by atoms with E-state index in [9.17, 15) is 5.11 Å². The van der Waals surface area contributed by atoms with Gasteiger partial charge in [0.05, 0.1) is 5.69 Å². The molecule has 0 aliphatic heterocycles. The number of aliphatic hydroxyl groups is 1. The summed E-state index contributed by atoms with van der Waals surface area (Å²) >= 11 is 1.54. The Morgan fingerprint density at radius 1 is 1.62 bits per heavy atom. The van der Waals surface area contributed by atoms with Crippen molar-refractivity contribution in [2.24, 2.45) is 0 Å². The Hall–Kier alpha value is -0.410. The largest absolute Gasteiger partial charge is 0.386 e. The molecule has 0 fully saturated rings. The van der Waals surface area contributed by atoms with Crippen LogP contribution >= 0.6 is 11.3 Å². The first kappa shape index (κ1) is 10.7. The molecule has 1 unspecified atom stereocenters. The smallest absolute Gasteiger partial charge is 0.121 e. The van der Waals surface area contributed by atoms with Crippen LogP contribution in [-0.2, 0) is 5.41 Å². The van der Waals surface area contributed by atoms with E-state index in [4.69, 9.17) is 0 Å². The van der Waals surface area contributed by atoms with Crippen molar-refractivity contribution in [3.8, 4) is 0 Å². The Labute approximate surface area is 83.6 Å². The predicted molar refractivity (Wildman–Crippen MR) is 56.1 cm³/mol. The van der Waals surface area contributed by atoms with Gasteiger partial charge in [-0.05, 0) is 13.3 Å². The Kier molecular flexibility index (Phi) is 3.09. The highest BCUT2D eigenvalue weighted by molar-refractivity contribution is 7.09. The van der Waals surface area contributed by atoms with Gasteiger partial charge in [0.15, 0.2) is 0 Å². The number of aliphatic hydroxyl groups excluding tert-OH is 1. The molecule has 13 heavy (non-hydrogen) atoms. The molecule has 0 saturated heterocycles. The standard InChI is InChI=1S/C10H17NOS/c1-5-10(3,4)8-6-13-9(11-8)7(2)12/h6-7,12H,5H2,1-4H3. The van der Waals surface area contributed by atoms with E-state index in [2.05, 4.69) is 25.8 Å². The van der Waals surface area contributed by atoms with E-state index in [0.717, 1.165) is 17.1 Å². The summed E-state index contributed by atoms with van der Waals surface area (Å²) in [6.07, 6.45) is 0.627. The van der Waals surface area contributed by atoms with Gasteiger partial charge in [-0.3, -0.25) is 0 Å². The van der Waals surface area contributed by atoms with Crippen molar-refractivity contribution in [2.45, 2.75) is 45.6 Å². The average molecular weight is 199 g/mol. The number of rotatable bonds is 3. The van der Waals surface area contributed by atoms with Gasteiger partial charge >= 0.3 is 0 Å². The molecule has 0 amide bonds. The fourth-order valence-corrected chi connectivity index (χ4v) is 1.92. The van der Waals surface area contributed by atoms with Crippen LogP contribution in [0.3, 0.4) is 0 Å². The molecule has 1 aromatic heterocycles. The van der Waals surface area contributed by atoms with Gasteiger partial charge in [0.1, 0.15) is 11.1 Å². The summed E-state index contributed by atoms with van der Waals surface area (Å²) in [5, 5.41) is 12.2. The van der Waals surface area contributed by atoms with Crippen LogP contribution in [-0.4, -0.2) is 10.1 Å². The van der Waals surface area contributed by atoms with Crippen molar-refractivity contribution in [2.75, 3.05) is 0 Å². The molecule has 0 aliphatic rings. The lowest BCUT2D eigenvalue weighted by molar-refractivity contribution is 0.198. The van der Waals surface area contributed by atoms with E-state index in [1.165, 1.54) is 11.3 Å². The third-order valence-corrected chi connectivity index (χ3v) is 3.47. The SMILES string of the molecule is CCC(C)(C)c1csc(C(C)O)n1. The van der Waals surface area contributed by atoms with Gasteiger partial charge in [0.25, 0.3) is 0 Å². The lowest BCUT2D eigenvalue weighted by Crippen LogP contribution is -2.16. The molecule has 0 aromatic carbocycles. The van der Waals surface area contributed by atoms with Crippen LogP contribution in [0.1, 0.15) is 50.9 Å². The highest BCUT2D eigenvalue weighted by Gasteiger charge is 2.21. The lowest BCUT2D eigenvalue weighted by Gasteiger charge is -2.19. The summed E-state index contributed by atoms with van der Waals surface area (Å²) in [4.78, 5) is 4.42. The van der Waals surface area contributed by atoms with Crippen molar-refractivity contribution in [1.82, 2.24) is 4.98 Å². The van der Waals surface area contributed by atoms with Gasteiger partial charge in [0.2, 0.25) is 0 Å². The van der Waals surface area contributed by atoms with Gasteiger partial charge in [0, 0.05) is 10.8 Å². The van der Waals surface area contributed by atoms with Gasteiger partial charge in [-0.2, -0.15) is 0 Å². The Morgan fingerprint density at radius 3 is 2.62 bits per heavy atom. The van der Waals surface area contributed by atoms with E-state index in [1.54, 1.807) is 6.92 Å². The monoisotopic (exact) mass is 199 g/mol. The zero-order valence-corrected chi connectivity index (χ0v) is 9.48. The predicted octanol–water partition coefficient (Wildman–Crippen LogP) is 2.88. The van der Waals surface area contributed by atoms with Crippen molar-refractivity contribution < 1.29 is 5.11 Å². The highest BCUT2D eigenvalue weighted by atomic mass is 32.1. The molecule has 2 nitrogen and oxygen atoms in total. The second kappa shape index (κ2) is 3.76. The third kappa shape index (κ3) is 2.29. The maximum atomic E-state index is 9.32. The van der Waals surface area contributed by atoms with E-state index >= 15 is 0 Å². The van der Waals surface area contributed by atoms with Crippen LogP contribution < -0.4 is 0 Å². The van der Waals surface area contributed by atoms with Crippen LogP contribution in [0.5, 0.6) is 0 Å². The van der Waals surface area contributed by atoms with Gasteiger partial charge in [-0.1, -0.05) is 20.8 Å². The van der Waals surface area contributed by atoms with Gasteiger partial charge in [-0.25, -0.2) is 4.98 Å². The Balaban J connectivity index is 2.91. The molecule has 0 radical (unpaired) electrons. The van der Waals surface area contributed by atoms with Crippen LogP contribution in [0.15, 0.2) is 5.38 Å². The molecule has 0 saturated carbocycles. The minimum atomic E-state index is -0.439. The van der Waals surface area contributed by atoms with Crippen molar-refractivity contribution in [3.05, 3.63) is 16.1 Å². The summed E-state index contributed by atoms with van der Waals surface area (Å²) in [5.74, 6) is 0. The van der Waals surface area contributed by atoms with E-state index < -0.39 is 6.10 Å². The second-order valence-corrected chi connectivity index (χ2v) is 4.87. The summed E-state index contributed by atoms with van der Waals surface area (Å²) in [6, 6.07) is 0. The summed E-state index contributed by atoms with van der Waals surface area (Å²) < 4.78 is 0. The molecule has 74 valence electrons. The van der Waals surface area contributed by atoms with Crippen molar-refractivity contribution in [1.29, 1.82) is 0 Å². The first-order valence-electron chi connectivity index (χ1n) is 4.61. The summed E-state index contributed by atoms with van der Waals surface area (Å²) in [5.41, 5.74) is 1.22. The molecule has 1 aromatic rings. The topological polar surface area (TPSA) is 33.1 Å². The number of hydrogen-bond donors (Lipinski definition) is 1. The molecule has 0 spiro atoms. The second-order valence-electron chi connectivity index (χ2n) is 3.98. The maximum Gasteiger partial charge on any atom is 0.121 e. The molecular weight excluding hydrogens is 182 g/mol. The van der Waals surface area contributed by atoms with Crippen LogP contribution in [0.4, 0.5) is 0 Å². The number of hydrogen-bond acceptors (Lipinski definition) is 3. The van der Waals surface area contributed by atoms with E-state index in [0.29, 0.717) is 0 Å².